The van der Waals surface area contributed by atoms with Gasteiger partial charge in [-0.2, -0.15) is 0 Å². The van der Waals surface area contributed by atoms with Crippen molar-refractivity contribution in [3.63, 3.8) is 0 Å². The van der Waals surface area contributed by atoms with Gasteiger partial charge in [-0.15, -0.1) is 0 Å². The van der Waals surface area contributed by atoms with Crippen molar-refractivity contribution in [1.29, 1.82) is 0 Å². The average Bonchev–Trinajstić information content (AvgIpc) is 3.00. The maximum atomic E-state index is 12.6. The second-order valence-corrected chi connectivity index (χ2v) is 6.69. The van der Waals surface area contributed by atoms with Gasteiger partial charge in [-0.1, -0.05) is 0 Å². The number of nitrogens with zero attached hydrogens (tertiary/aromatic N) is 3. The average molecular weight is 333 g/mol. The van der Waals surface area contributed by atoms with Gasteiger partial charge in [0.1, 0.15) is 6.54 Å². The third-order valence-electron chi connectivity index (χ3n) is 5.17. The van der Waals surface area contributed by atoms with E-state index in [9.17, 15) is 14.4 Å². The van der Waals surface area contributed by atoms with Gasteiger partial charge in [0.05, 0.1) is 12.5 Å². The molecule has 2 fully saturated rings. The highest BCUT2D eigenvalue weighted by atomic mass is 16.5. The molecule has 3 heterocycles. The van der Waals surface area contributed by atoms with Crippen LogP contribution in [-0.4, -0.2) is 60.0 Å². The summed E-state index contributed by atoms with van der Waals surface area (Å²) >= 11 is 0. The first-order valence-corrected chi connectivity index (χ1v) is 8.24. The van der Waals surface area contributed by atoms with Crippen LogP contribution in [0.25, 0.3) is 0 Å². The molecule has 130 valence electrons. The van der Waals surface area contributed by atoms with Crippen molar-refractivity contribution >= 4 is 11.8 Å². The Labute approximate surface area is 140 Å². The van der Waals surface area contributed by atoms with Crippen molar-refractivity contribution in [2.45, 2.75) is 25.8 Å². The van der Waals surface area contributed by atoms with Crippen LogP contribution >= 0.6 is 0 Å². The second-order valence-electron chi connectivity index (χ2n) is 6.69. The lowest BCUT2D eigenvalue weighted by atomic mass is 9.78. The Morgan fingerprint density at radius 1 is 1.29 bits per heavy atom. The van der Waals surface area contributed by atoms with Crippen molar-refractivity contribution < 1.29 is 14.3 Å². The maximum Gasteiger partial charge on any atom is 0.293 e. The molecule has 1 spiro atoms. The molecule has 0 N–H and O–H groups in total. The Balaban J connectivity index is 1.71. The van der Waals surface area contributed by atoms with Crippen LogP contribution in [0.4, 0.5) is 0 Å². The van der Waals surface area contributed by atoms with Crippen LogP contribution in [0.2, 0.25) is 0 Å². The number of carbonyl (C=O) groups excluding carboxylic acids is 2. The van der Waals surface area contributed by atoms with Crippen molar-refractivity contribution in [1.82, 2.24) is 14.4 Å². The molecule has 0 radical (unpaired) electrons. The molecule has 3 rings (SSSR count). The number of methoxy groups -OCH3 is 1. The van der Waals surface area contributed by atoms with E-state index in [1.165, 1.54) is 11.7 Å². The fraction of sp³-hybridized carbons (Fsp3) is 0.588. The molecule has 0 saturated carbocycles. The zero-order chi connectivity index (χ0) is 17.3. The fourth-order valence-corrected chi connectivity index (χ4v) is 3.77. The molecule has 0 aromatic carbocycles. The Morgan fingerprint density at radius 2 is 2.08 bits per heavy atom. The van der Waals surface area contributed by atoms with Crippen LogP contribution in [0.3, 0.4) is 0 Å². The summed E-state index contributed by atoms with van der Waals surface area (Å²) in [6, 6.07) is 3.25. The SMILES string of the molecule is COc1cccn(CC(=O)N2CC[C@@]3(CCCN(C)C3=O)C2)c1=O. The topological polar surface area (TPSA) is 71.8 Å². The second kappa shape index (κ2) is 6.30. The minimum atomic E-state index is -0.429. The first-order chi connectivity index (χ1) is 11.5. The van der Waals surface area contributed by atoms with E-state index >= 15 is 0 Å². The van der Waals surface area contributed by atoms with E-state index in [0.29, 0.717) is 19.5 Å². The summed E-state index contributed by atoms with van der Waals surface area (Å²) in [7, 11) is 3.25. The Morgan fingerprint density at radius 3 is 2.83 bits per heavy atom. The molecule has 7 nitrogen and oxygen atoms in total. The van der Waals surface area contributed by atoms with E-state index in [1.54, 1.807) is 28.1 Å². The molecule has 24 heavy (non-hydrogen) atoms. The van der Waals surface area contributed by atoms with Crippen LogP contribution in [-0.2, 0) is 16.1 Å². The number of pyridine rings is 1. The number of rotatable bonds is 3. The molecule has 0 unspecified atom stereocenters. The van der Waals surface area contributed by atoms with Gasteiger partial charge in [-0.3, -0.25) is 14.4 Å². The smallest absolute Gasteiger partial charge is 0.293 e. The lowest BCUT2D eigenvalue weighted by molar-refractivity contribution is -0.144. The van der Waals surface area contributed by atoms with Crippen molar-refractivity contribution in [3.05, 3.63) is 28.7 Å². The predicted molar refractivity (Wildman–Crippen MR) is 87.8 cm³/mol. The Hall–Kier alpha value is -2.31. The van der Waals surface area contributed by atoms with Crippen LogP contribution < -0.4 is 10.3 Å². The predicted octanol–water partition coefficient (Wildman–Crippen LogP) is 0.328. The number of piperidine rings is 1. The summed E-state index contributed by atoms with van der Waals surface area (Å²) in [5.41, 5.74) is -0.752. The van der Waals surface area contributed by atoms with E-state index in [1.807, 2.05) is 7.05 Å². The van der Waals surface area contributed by atoms with E-state index in [-0.39, 0.29) is 29.7 Å². The highest BCUT2D eigenvalue weighted by molar-refractivity contribution is 5.85. The summed E-state index contributed by atoms with van der Waals surface area (Å²) in [5.74, 6) is 0.220. The number of amides is 2. The Bertz CT molecular complexity index is 714. The van der Waals surface area contributed by atoms with E-state index < -0.39 is 5.41 Å². The third kappa shape index (κ3) is 2.79. The summed E-state index contributed by atoms with van der Waals surface area (Å²) in [6.07, 6.45) is 4.09. The number of hydrogen-bond donors (Lipinski definition) is 0. The Kier molecular flexibility index (Phi) is 4.34. The molecule has 7 heteroatoms. The zero-order valence-corrected chi connectivity index (χ0v) is 14.2. The highest BCUT2D eigenvalue weighted by Gasteiger charge is 2.48. The lowest BCUT2D eigenvalue weighted by Gasteiger charge is -2.37. The minimum absolute atomic E-state index is 0.0316. The van der Waals surface area contributed by atoms with E-state index in [4.69, 9.17) is 4.74 Å². The van der Waals surface area contributed by atoms with Crippen molar-refractivity contribution in [2.75, 3.05) is 33.8 Å². The van der Waals surface area contributed by atoms with Crippen LogP contribution in [0, 0.1) is 5.41 Å². The quantitative estimate of drug-likeness (QED) is 0.799. The molecule has 0 bridgehead atoms. The number of aromatic nitrogens is 1. The molecule has 2 saturated heterocycles. The van der Waals surface area contributed by atoms with Crippen LogP contribution in [0.5, 0.6) is 5.75 Å². The normalized spacial score (nSPS) is 23.8. The molecule has 2 aliphatic rings. The van der Waals surface area contributed by atoms with Crippen LogP contribution in [0.1, 0.15) is 19.3 Å². The van der Waals surface area contributed by atoms with Crippen molar-refractivity contribution in [3.8, 4) is 5.75 Å². The minimum Gasteiger partial charge on any atom is -0.491 e. The summed E-state index contributed by atoms with van der Waals surface area (Å²) < 4.78 is 6.35. The molecule has 1 aromatic heterocycles. The number of hydrogen-bond acceptors (Lipinski definition) is 4. The fourth-order valence-electron chi connectivity index (χ4n) is 3.77. The van der Waals surface area contributed by atoms with Crippen LogP contribution in [0.15, 0.2) is 23.1 Å². The van der Waals surface area contributed by atoms with E-state index in [0.717, 1.165) is 19.4 Å². The highest BCUT2D eigenvalue weighted by Crippen LogP contribution is 2.39. The van der Waals surface area contributed by atoms with Gasteiger partial charge in [0.15, 0.2) is 5.75 Å². The molecule has 2 amide bonds. The van der Waals surface area contributed by atoms with Gasteiger partial charge in [-0.25, -0.2) is 0 Å². The summed E-state index contributed by atoms with van der Waals surface area (Å²) in [5, 5.41) is 0. The van der Waals surface area contributed by atoms with Gasteiger partial charge < -0.3 is 19.1 Å². The molecule has 1 aromatic rings. The van der Waals surface area contributed by atoms with Crippen molar-refractivity contribution in [2.24, 2.45) is 5.41 Å². The third-order valence-corrected chi connectivity index (χ3v) is 5.17. The van der Waals surface area contributed by atoms with Gasteiger partial charge in [0.2, 0.25) is 11.8 Å². The van der Waals surface area contributed by atoms with Gasteiger partial charge in [-0.05, 0) is 31.4 Å². The lowest BCUT2D eigenvalue weighted by Crippen LogP contribution is -2.49. The van der Waals surface area contributed by atoms with Gasteiger partial charge in [0, 0.05) is 32.9 Å². The van der Waals surface area contributed by atoms with Gasteiger partial charge >= 0.3 is 0 Å². The number of likely N-dealkylation sites (tertiary alicyclic amines) is 2. The molecule has 2 aliphatic heterocycles. The molecular weight excluding hydrogens is 310 g/mol. The largest absolute Gasteiger partial charge is 0.491 e. The van der Waals surface area contributed by atoms with Gasteiger partial charge in [0.25, 0.3) is 5.56 Å². The molecule has 0 aliphatic carbocycles. The first kappa shape index (κ1) is 16.5. The summed E-state index contributed by atoms with van der Waals surface area (Å²) in [6.45, 7) is 1.77. The number of carbonyl (C=O) groups is 2. The standard InChI is InChI=1S/C17H23N3O4/c1-18-8-4-6-17(16(18)23)7-10-20(12-17)14(21)11-19-9-3-5-13(24-2)15(19)22/h3,5,9H,4,6-8,10-12H2,1-2H3/t17-/m0/s1. The summed E-state index contributed by atoms with van der Waals surface area (Å²) in [4.78, 5) is 40.7. The zero-order valence-electron chi connectivity index (χ0n) is 14.2. The maximum absolute atomic E-state index is 12.6. The number of ether oxygens (including phenoxy) is 1. The molecule has 1 atom stereocenters. The van der Waals surface area contributed by atoms with E-state index in [2.05, 4.69) is 0 Å². The molecular formula is C17H23N3O4. The first-order valence-electron chi connectivity index (χ1n) is 8.24. The monoisotopic (exact) mass is 333 g/mol.